The van der Waals surface area contributed by atoms with Gasteiger partial charge in [0.05, 0.1) is 17.1 Å². The van der Waals surface area contributed by atoms with Crippen molar-refractivity contribution in [2.24, 2.45) is 0 Å². The highest BCUT2D eigenvalue weighted by molar-refractivity contribution is 6.16. The summed E-state index contributed by atoms with van der Waals surface area (Å²) in [4.78, 5) is 13.8. The van der Waals surface area contributed by atoms with Gasteiger partial charge in [-0.25, -0.2) is 0 Å². The fourth-order valence-electron chi connectivity index (χ4n) is 1.87. The van der Waals surface area contributed by atoms with Crippen molar-refractivity contribution in [1.29, 1.82) is 0 Å². The Morgan fingerprint density at radius 1 is 1.06 bits per heavy atom. The van der Waals surface area contributed by atoms with Gasteiger partial charge in [-0.3, -0.25) is 9.69 Å². The molecule has 2 aliphatic heterocycles. The smallest absolute Gasteiger partial charge is 0.262 e. The highest BCUT2D eigenvalue weighted by Crippen LogP contribution is 2.43. The maximum Gasteiger partial charge on any atom is 0.262 e. The van der Waals surface area contributed by atoms with Gasteiger partial charge < -0.3 is 5.73 Å². The van der Waals surface area contributed by atoms with Crippen LogP contribution in [0.4, 0.5) is 17.1 Å². The Balaban J connectivity index is 1.97. The van der Waals surface area contributed by atoms with Crippen molar-refractivity contribution in [2.75, 3.05) is 10.6 Å². The molecular weight excluding hydrogens is 200 g/mol. The van der Waals surface area contributed by atoms with Crippen molar-refractivity contribution in [1.82, 2.24) is 0 Å². The zero-order chi connectivity index (χ0) is 11.1. The van der Waals surface area contributed by atoms with Crippen molar-refractivity contribution >= 4 is 23.0 Å². The number of benzene rings is 2. The molecule has 2 aromatic rings. The van der Waals surface area contributed by atoms with Crippen LogP contribution >= 0.6 is 0 Å². The molecule has 2 heterocycles. The van der Waals surface area contributed by atoms with Crippen LogP contribution in [0.1, 0.15) is 10.4 Å². The largest absolute Gasteiger partial charge is 0.397 e. The van der Waals surface area contributed by atoms with E-state index in [0.717, 1.165) is 11.4 Å². The molecule has 3 nitrogen and oxygen atoms in total. The number of carbonyl (C=O) groups excluding carboxylic acids is 1. The molecule has 0 saturated heterocycles. The van der Waals surface area contributed by atoms with Gasteiger partial charge in [-0.1, -0.05) is 18.2 Å². The lowest BCUT2D eigenvalue weighted by Crippen LogP contribution is -2.31. The Hall–Kier alpha value is -2.29. The molecule has 0 fully saturated rings. The van der Waals surface area contributed by atoms with E-state index < -0.39 is 0 Å². The quantitative estimate of drug-likeness (QED) is 0.735. The van der Waals surface area contributed by atoms with E-state index in [4.69, 9.17) is 5.73 Å². The summed E-state index contributed by atoms with van der Waals surface area (Å²) < 4.78 is 0. The predicted molar refractivity (Wildman–Crippen MR) is 63.8 cm³/mol. The second-order valence-corrected chi connectivity index (χ2v) is 3.75. The third-order valence-electron chi connectivity index (χ3n) is 2.74. The van der Waals surface area contributed by atoms with E-state index in [2.05, 4.69) is 0 Å². The first-order valence-electron chi connectivity index (χ1n) is 5.06. The molecule has 0 aromatic heterocycles. The molecule has 2 aliphatic rings. The van der Waals surface area contributed by atoms with E-state index in [1.54, 1.807) is 17.0 Å². The highest BCUT2D eigenvalue weighted by Gasteiger charge is 2.28. The van der Waals surface area contributed by atoms with Crippen LogP contribution in [0.25, 0.3) is 0 Å². The van der Waals surface area contributed by atoms with Gasteiger partial charge in [0.15, 0.2) is 0 Å². The first-order chi connectivity index (χ1) is 7.77. The molecule has 0 radical (unpaired) electrons. The van der Waals surface area contributed by atoms with E-state index in [-0.39, 0.29) is 5.91 Å². The van der Waals surface area contributed by atoms with E-state index in [1.807, 2.05) is 36.4 Å². The molecular formula is C13H10N2O. The van der Waals surface area contributed by atoms with Crippen LogP contribution in [0.2, 0.25) is 0 Å². The van der Waals surface area contributed by atoms with Gasteiger partial charge in [-0.05, 0) is 30.3 Å². The van der Waals surface area contributed by atoms with Crippen molar-refractivity contribution in [3.63, 3.8) is 0 Å². The fraction of sp³-hybridized carbons (Fsp3) is 0. The van der Waals surface area contributed by atoms with Crippen molar-refractivity contribution in [3.05, 3.63) is 54.1 Å². The Morgan fingerprint density at radius 2 is 1.81 bits per heavy atom. The summed E-state index contributed by atoms with van der Waals surface area (Å²) in [5, 5.41) is 0. The van der Waals surface area contributed by atoms with Crippen LogP contribution in [0, 0.1) is 0 Å². The number of hydrogen-bond acceptors (Lipinski definition) is 2. The fourth-order valence-corrected chi connectivity index (χ4v) is 1.87. The molecule has 0 unspecified atom stereocenters. The normalized spacial score (nSPS) is 12.1. The zero-order valence-electron chi connectivity index (χ0n) is 8.55. The van der Waals surface area contributed by atoms with Gasteiger partial charge in [0.25, 0.3) is 5.91 Å². The van der Waals surface area contributed by atoms with Crippen molar-refractivity contribution in [3.8, 4) is 0 Å². The average Bonchev–Trinajstić information content (AvgIpc) is 2.29. The molecule has 2 bridgehead atoms. The number of hydrogen-bond donors (Lipinski definition) is 1. The summed E-state index contributed by atoms with van der Waals surface area (Å²) in [6.45, 7) is 0. The monoisotopic (exact) mass is 210 g/mol. The molecule has 0 aliphatic carbocycles. The van der Waals surface area contributed by atoms with Crippen LogP contribution in [0.3, 0.4) is 0 Å². The Kier molecular flexibility index (Phi) is 1.74. The number of anilines is 3. The number of nitrogens with two attached hydrogens (primary N) is 1. The van der Waals surface area contributed by atoms with E-state index in [0.29, 0.717) is 11.3 Å². The lowest BCUT2D eigenvalue weighted by atomic mass is 10.1. The topological polar surface area (TPSA) is 46.3 Å². The minimum Gasteiger partial charge on any atom is -0.397 e. The Bertz CT molecular complexity index is 560. The number of amides is 1. The summed E-state index contributed by atoms with van der Waals surface area (Å²) in [6, 6.07) is 14.8. The van der Waals surface area contributed by atoms with Crippen LogP contribution in [0.15, 0.2) is 48.5 Å². The van der Waals surface area contributed by atoms with Gasteiger partial charge in [0.1, 0.15) is 0 Å². The summed E-state index contributed by atoms with van der Waals surface area (Å²) in [6.07, 6.45) is 0. The van der Waals surface area contributed by atoms with Gasteiger partial charge in [0, 0.05) is 5.56 Å². The predicted octanol–water partition coefficient (Wildman–Crippen LogP) is 2.56. The SMILES string of the molecule is Nc1ccc2cc1N2C(=O)c1ccccc1. The summed E-state index contributed by atoms with van der Waals surface area (Å²) in [5.74, 6) is -0.0274. The van der Waals surface area contributed by atoms with Crippen molar-refractivity contribution in [2.45, 2.75) is 0 Å². The number of nitrogen functional groups attached to an aromatic ring is 1. The Labute approximate surface area is 93.1 Å². The van der Waals surface area contributed by atoms with Gasteiger partial charge in [-0.2, -0.15) is 0 Å². The first kappa shape index (κ1) is 8.97. The first-order valence-corrected chi connectivity index (χ1v) is 5.06. The molecule has 0 spiro atoms. The molecule has 4 rings (SSSR count). The molecule has 3 heteroatoms. The minimum atomic E-state index is -0.0274. The summed E-state index contributed by atoms with van der Waals surface area (Å²) in [7, 11) is 0. The second-order valence-electron chi connectivity index (χ2n) is 3.75. The van der Waals surface area contributed by atoms with Crippen LogP contribution in [-0.2, 0) is 0 Å². The molecule has 1 amide bonds. The van der Waals surface area contributed by atoms with Crippen LogP contribution < -0.4 is 10.6 Å². The van der Waals surface area contributed by atoms with E-state index in [9.17, 15) is 4.79 Å². The highest BCUT2D eigenvalue weighted by atomic mass is 16.2. The molecule has 0 saturated carbocycles. The third kappa shape index (κ3) is 1.11. The van der Waals surface area contributed by atoms with Gasteiger partial charge in [-0.15, -0.1) is 0 Å². The number of rotatable bonds is 1. The molecule has 78 valence electrons. The number of nitrogens with zero attached hydrogens (tertiary/aromatic N) is 1. The molecule has 2 aromatic carbocycles. The van der Waals surface area contributed by atoms with Crippen molar-refractivity contribution < 1.29 is 4.79 Å². The van der Waals surface area contributed by atoms with Gasteiger partial charge in [0.2, 0.25) is 0 Å². The summed E-state index contributed by atoms with van der Waals surface area (Å²) in [5.41, 5.74) is 8.79. The number of carbonyl (C=O) groups is 1. The van der Waals surface area contributed by atoms with Gasteiger partial charge >= 0.3 is 0 Å². The molecule has 0 atom stereocenters. The average molecular weight is 210 g/mol. The van der Waals surface area contributed by atoms with E-state index >= 15 is 0 Å². The standard InChI is InChI=1S/C13H10N2O/c14-11-7-6-10-8-12(11)15(10)13(16)9-4-2-1-3-5-9/h1-8H,14H2. The lowest BCUT2D eigenvalue weighted by Gasteiger charge is -2.32. The number of fused-ring (bicyclic) bond motifs is 2. The maximum atomic E-state index is 12.1. The van der Waals surface area contributed by atoms with Crippen LogP contribution in [-0.4, -0.2) is 5.91 Å². The van der Waals surface area contributed by atoms with Crippen LogP contribution in [0.5, 0.6) is 0 Å². The summed E-state index contributed by atoms with van der Waals surface area (Å²) >= 11 is 0. The zero-order valence-corrected chi connectivity index (χ0v) is 8.55. The second kappa shape index (κ2) is 3.10. The van der Waals surface area contributed by atoms with E-state index in [1.165, 1.54) is 0 Å². The molecule has 2 N–H and O–H groups in total. The third-order valence-corrected chi connectivity index (χ3v) is 2.74. The molecule has 16 heavy (non-hydrogen) atoms. The lowest BCUT2D eigenvalue weighted by molar-refractivity contribution is 0.0997. The Morgan fingerprint density at radius 3 is 2.44 bits per heavy atom. The maximum absolute atomic E-state index is 12.1. The minimum absolute atomic E-state index is 0.0274.